The van der Waals surface area contributed by atoms with E-state index in [4.69, 9.17) is 14.6 Å². The lowest BCUT2D eigenvalue weighted by atomic mass is 10.2. The van der Waals surface area contributed by atoms with Crippen molar-refractivity contribution in [3.8, 4) is 6.01 Å². The number of rotatable bonds is 4. The van der Waals surface area contributed by atoms with Gasteiger partial charge in [0.2, 0.25) is 0 Å². The summed E-state index contributed by atoms with van der Waals surface area (Å²) in [5.41, 5.74) is 0.117. The van der Waals surface area contributed by atoms with E-state index < -0.39 is 18.4 Å². The minimum absolute atomic E-state index is 0.161. The van der Waals surface area contributed by atoms with Crippen molar-refractivity contribution in [3.05, 3.63) is 22.1 Å². The topological polar surface area (TPSA) is 93.8 Å². The fourth-order valence-electron chi connectivity index (χ4n) is 2.04. The lowest BCUT2D eigenvalue weighted by molar-refractivity contribution is -0.0473. The van der Waals surface area contributed by atoms with E-state index in [0.29, 0.717) is 18.6 Å². The van der Waals surface area contributed by atoms with Gasteiger partial charge in [-0.3, -0.25) is 9.36 Å². The van der Waals surface area contributed by atoms with Crippen LogP contribution in [0.3, 0.4) is 0 Å². The van der Waals surface area contributed by atoms with Gasteiger partial charge in [-0.2, -0.15) is 4.98 Å². The Morgan fingerprint density at radius 1 is 1.63 bits per heavy atom. The van der Waals surface area contributed by atoms with Crippen LogP contribution >= 0.6 is 0 Å². The zero-order valence-corrected chi connectivity index (χ0v) is 10.9. The van der Waals surface area contributed by atoms with Crippen molar-refractivity contribution in [2.24, 2.45) is 0 Å². The normalized spacial score (nSPS) is 26.6. The van der Waals surface area contributed by atoms with Gasteiger partial charge >= 0.3 is 6.01 Å². The number of ether oxygens (including phenoxy) is 2. The molecule has 0 spiro atoms. The fourth-order valence-corrected chi connectivity index (χ4v) is 2.04. The summed E-state index contributed by atoms with van der Waals surface area (Å²) < 4.78 is 12.4. The number of aliphatic hydroxyl groups is 2. The highest BCUT2D eigenvalue weighted by Gasteiger charge is 2.35. The van der Waals surface area contributed by atoms with E-state index in [9.17, 15) is 9.90 Å². The van der Waals surface area contributed by atoms with E-state index >= 15 is 0 Å². The second-order valence-electron chi connectivity index (χ2n) is 4.47. The molecular formula is C12H18N2O5. The molecule has 2 N–H and O–H groups in total. The molecule has 3 atom stereocenters. The summed E-state index contributed by atoms with van der Waals surface area (Å²) in [6.07, 6.45) is 0.0381. The summed E-state index contributed by atoms with van der Waals surface area (Å²) in [6, 6.07) is 0.161. The van der Waals surface area contributed by atoms with Crippen LogP contribution in [0.5, 0.6) is 6.01 Å². The Labute approximate surface area is 110 Å². The molecule has 1 aliphatic heterocycles. The average molecular weight is 270 g/mol. The standard InChI is InChI=1S/C12H18N2O5/c1-3-18-12-13-11(17)7(2)5-14(12)10-4-8(16)9(6-15)19-10/h5,8-10,15-16H,3-4,6H2,1-2H3/t8-,9+,10?/m0/s1. The Bertz CT molecular complexity index is 501. The Morgan fingerprint density at radius 3 is 2.95 bits per heavy atom. The molecule has 0 aliphatic carbocycles. The molecule has 1 aromatic heterocycles. The fraction of sp³-hybridized carbons (Fsp3) is 0.667. The van der Waals surface area contributed by atoms with Crippen LogP contribution < -0.4 is 10.3 Å². The average Bonchev–Trinajstić information content (AvgIpc) is 2.75. The van der Waals surface area contributed by atoms with Gasteiger partial charge in [0.05, 0.1) is 19.3 Å². The molecule has 0 saturated carbocycles. The molecular weight excluding hydrogens is 252 g/mol. The van der Waals surface area contributed by atoms with Crippen molar-refractivity contribution in [2.75, 3.05) is 13.2 Å². The summed E-state index contributed by atoms with van der Waals surface area (Å²) in [5, 5.41) is 18.8. The van der Waals surface area contributed by atoms with Crippen LogP contribution in [0.15, 0.2) is 11.0 Å². The summed E-state index contributed by atoms with van der Waals surface area (Å²) >= 11 is 0. The summed E-state index contributed by atoms with van der Waals surface area (Å²) in [6.45, 7) is 3.55. The Hall–Kier alpha value is -1.44. The summed E-state index contributed by atoms with van der Waals surface area (Å²) in [7, 11) is 0. The number of hydrogen-bond donors (Lipinski definition) is 2. The number of hydrogen-bond acceptors (Lipinski definition) is 6. The van der Waals surface area contributed by atoms with Gasteiger partial charge in [0.25, 0.3) is 5.56 Å². The first-order chi connectivity index (χ1) is 9.06. The molecule has 0 radical (unpaired) electrons. The number of aromatic nitrogens is 2. The van der Waals surface area contributed by atoms with E-state index in [1.54, 1.807) is 24.6 Å². The number of aliphatic hydroxyl groups excluding tert-OH is 2. The molecule has 0 amide bonds. The van der Waals surface area contributed by atoms with Gasteiger partial charge in [0, 0.05) is 18.2 Å². The largest absolute Gasteiger partial charge is 0.465 e. The van der Waals surface area contributed by atoms with Crippen molar-refractivity contribution >= 4 is 0 Å². The van der Waals surface area contributed by atoms with E-state index in [1.165, 1.54) is 0 Å². The maximum atomic E-state index is 11.5. The number of aryl methyl sites for hydroxylation is 1. The highest BCUT2D eigenvalue weighted by Crippen LogP contribution is 2.30. The van der Waals surface area contributed by atoms with Gasteiger partial charge in [-0.1, -0.05) is 0 Å². The Morgan fingerprint density at radius 2 is 2.37 bits per heavy atom. The predicted octanol–water partition coefficient (Wildman–Crippen LogP) is -0.409. The SMILES string of the molecule is CCOc1nc(=O)c(C)cn1C1C[C@H](O)[C@@H](CO)O1. The van der Waals surface area contributed by atoms with Crippen LogP contribution in [0.25, 0.3) is 0 Å². The predicted molar refractivity (Wildman–Crippen MR) is 66.0 cm³/mol. The minimum Gasteiger partial charge on any atom is -0.465 e. The van der Waals surface area contributed by atoms with Crippen molar-refractivity contribution in [3.63, 3.8) is 0 Å². The van der Waals surface area contributed by atoms with Crippen molar-refractivity contribution in [2.45, 2.75) is 38.7 Å². The van der Waals surface area contributed by atoms with Crippen LogP contribution in [0, 0.1) is 6.92 Å². The van der Waals surface area contributed by atoms with Crippen LogP contribution in [-0.4, -0.2) is 45.2 Å². The molecule has 1 aromatic rings. The molecule has 7 nitrogen and oxygen atoms in total. The van der Waals surface area contributed by atoms with Crippen molar-refractivity contribution in [1.29, 1.82) is 0 Å². The van der Waals surface area contributed by atoms with Crippen molar-refractivity contribution in [1.82, 2.24) is 9.55 Å². The highest BCUT2D eigenvalue weighted by atomic mass is 16.6. The van der Waals surface area contributed by atoms with Crippen molar-refractivity contribution < 1.29 is 19.7 Å². The van der Waals surface area contributed by atoms with Crippen LogP contribution in [0.1, 0.15) is 25.1 Å². The molecule has 2 heterocycles. The smallest absolute Gasteiger partial charge is 0.301 e. The van der Waals surface area contributed by atoms with E-state index in [-0.39, 0.29) is 18.2 Å². The van der Waals surface area contributed by atoms with Gasteiger partial charge < -0.3 is 19.7 Å². The quantitative estimate of drug-likeness (QED) is 0.772. The monoisotopic (exact) mass is 270 g/mol. The Kier molecular flexibility index (Phi) is 4.18. The maximum absolute atomic E-state index is 11.5. The molecule has 2 rings (SSSR count). The summed E-state index contributed by atoms with van der Waals surface area (Å²) in [4.78, 5) is 15.4. The Balaban J connectivity index is 2.33. The van der Waals surface area contributed by atoms with E-state index in [1.807, 2.05) is 0 Å². The molecule has 7 heteroatoms. The van der Waals surface area contributed by atoms with Gasteiger partial charge in [-0.25, -0.2) is 0 Å². The molecule has 106 valence electrons. The first-order valence-corrected chi connectivity index (χ1v) is 6.23. The zero-order chi connectivity index (χ0) is 14.0. The van der Waals surface area contributed by atoms with Gasteiger partial charge in [-0.05, 0) is 13.8 Å². The lowest BCUT2D eigenvalue weighted by Gasteiger charge is -2.19. The van der Waals surface area contributed by atoms with Crippen LogP contribution in [-0.2, 0) is 4.74 Å². The van der Waals surface area contributed by atoms with Gasteiger partial charge in [0.15, 0.2) is 0 Å². The zero-order valence-electron chi connectivity index (χ0n) is 10.9. The lowest BCUT2D eigenvalue weighted by Crippen LogP contribution is -2.24. The van der Waals surface area contributed by atoms with Gasteiger partial charge in [-0.15, -0.1) is 0 Å². The molecule has 0 bridgehead atoms. The minimum atomic E-state index is -0.746. The first kappa shape index (κ1) is 14.0. The first-order valence-electron chi connectivity index (χ1n) is 6.23. The third-order valence-corrected chi connectivity index (χ3v) is 3.06. The third-order valence-electron chi connectivity index (χ3n) is 3.06. The molecule has 19 heavy (non-hydrogen) atoms. The molecule has 1 unspecified atom stereocenters. The second kappa shape index (κ2) is 5.68. The highest BCUT2D eigenvalue weighted by molar-refractivity contribution is 5.10. The maximum Gasteiger partial charge on any atom is 0.301 e. The van der Waals surface area contributed by atoms with Gasteiger partial charge in [0.1, 0.15) is 12.3 Å². The molecule has 0 aromatic carbocycles. The third kappa shape index (κ3) is 2.78. The van der Waals surface area contributed by atoms with Crippen LogP contribution in [0.2, 0.25) is 0 Å². The number of nitrogens with zero attached hydrogens (tertiary/aromatic N) is 2. The second-order valence-corrected chi connectivity index (χ2v) is 4.47. The molecule has 1 saturated heterocycles. The molecule has 1 aliphatic rings. The summed E-state index contributed by atoms with van der Waals surface area (Å²) in [5.74, 6) is 0. The molecule has 1 fully saturated rings. The van der Waals surface area contributed by atoms with Crippen LogP contribution in [0.4, 0.5) is 0 Å². The van der Waals surface area contributed by atoms with E-state index in [0.717, 1.165) is 0 Å². The van der Waals surface area contributed by atoms with E-state index in [2.05, 4.69) is 4.98 Å².